The van der Waals surface area contributed by atoms with Crippen molar-refractivity contribution in [2.45, 2.75) is 70.9 Å². The molecule has 1 amide bonds. The monoisotopic (exact) mass is 476 g/mol. The summed E-state index contributed by atoms with van der Waals surface area (Å²) in [6, 6.07) is 7.20. The number of ketones is 1. The number of non-ortho nitro benzene ring substituents is 1. The Balaban J connectivity index is 1.59. The fraction of sp³-hybridized carbons (Fsp3) is 0.609. The first-order chi connectivity index (χ1) is 15.7. The zero-order valence-corrected chi connectivity index (χ0v) is 20.6. The highest BCUT2D eigenvalue weighted by atomic mass is 28.4. The smallest absolute Gasteiger partial charge is 0.337 e. The van der Waals surface area contributed by atoms with Gasteiger partial charge in [-0.1, -0.05) is 27.7 Å². The molecule has 3 unspecified atom stereocenters. The molecule has 1 aromatic carbocycles. The van der Waals surface area contributed by atoms with Gasteiger partial charge in [-0.2, -0.15) is 0 Å². The number of benzene rings is 1. The van der Waals surface area contributed by atoms with Crippen LogP contribution in [-0.2, 0) is 30.2 Å². The Morgan fingerprint density at radius 2 is 1.73 bits per heavy atom. The molecule has 180 valence electrons. The third-order valence-electron chi connectivity index (χ3n) is 7.34. The van der Waals surface area contributed by atoms with E-state index in [0.717, 1.165) is 18.1 Å². The maximum atomic E-state index is 12.8. The average Bonchev–Trinajstić information content (AvgIpc) is 3.05. The molecule has 4 atom stereocenters. The van der Waals surface area contributed by atoms with Crippen molar-refractivity contribution in [3.8, 4) is 0 Å². The van der Waals surface area contributed by atoms with Gasteiger partial charge in [-0.05, 0) is 42.2 Å². The van der Waals surface area contributed by atoms with Crippen LogP contribution in [0.15, 0.2) is 24.3 Å². The predicted molar refractivity (Wildman–Crippen MR) is 123 cm³/mol. The van der Waals surface area contributed by atoms with Crippen molar-refractivity contribution in [1.82, 2.24) is 4.90 Å². The molecular weight excluding hydrogens is 444 g/mol. The van der Waals surface area contributed by atoms with Crippen LogP contribution in [0.4, 0.5) is 5.69 Å². The molecule has 10 heteroatoms. The number of rotatable bonds is 11. The minimum Gasteiger partial charge on any atom is -0.459 e. The minimum absolute atomic E-state index is 0.0642. The maximum Gasteiger partial charge on any atom is 0.337 e. The van der Waals surface area contributed by atoms with Crippen molar-refractivity contribution in [3.63, 3.8) is 0 Å². The molecule has 0 aliphatic carbocycles. The highest BCUT2D eigenvalue weighted by Gasteiger charge is 2.63. The van der Waals surface area contributed by atoms with Gasteiger partial charge in [0.25, 0.3) is 5.69 Å². The van der Waals surface area contributed by atoms with E-state index < -0.39 is 31.2 Å². The molecule has 0 N–H and O–H groups in total. The molecule has 3 rings (SSSR count). The topological polar surface area (TPSA) is 116 Å². The zero-order valence-electron chi connectivity index (χ0n) is 19.6. The largest absolute Gasteiger partial charge is 0.459 e. The van der Waals surface area contributed by atoms with Gasteiger partial charge in [0.05, 0.1) is 16.9 Å². The molecule has 2 saturated heterocycles. The lowest BCUT2D eigenvalue weighted by Crippen LogP contribution is -2.63. The number of esters is 1. The first kappa shape index (κ1) is 25.0. The lowest BCUT2D eigenvalue weighted by atomic mass is 9.81. The van der Waals surface area contributed by atoms with Crippen molar-refractivity contribution >= 4 is 31.7 Å². The molecule has 2 heterocycles. The summed E-state index contributed by atoms with van der Waals surface area (Å²) in [7, 11) is -1.75. The lowest BCUT2D eigenvalue weighted by molar-refractivity contribution is -0.384. The summed E-state index contributed by atoms with van der Waals surface area (Å²) < 4.78 is 11.6. The van der Waals surface area contributed by atoms with Gasteiger partial charge in [-0.25, -0.2) is 4.79 Å². The average molecular weight is 477 g/mol. The molecule has 0 aromatic heterocycles. The van der Waals surface area contributed by atoms with E-state index in [0.29, 0.717) is 18.6 Å². The molecule has 0 bridgehead atoms. The van der Waals surface area contributed by atoms with Gasteiger partial charge in [0.15, 0.2) is 20.1 Å². The molecule has 2 fully saturated rings. The van der Waals surface area contributed by atoms with E-state index in [1.54, 1.807) is 6.92 Å². The van der Waals surface area contributed by atoms with E-state index in [2.05, 4.69) is 20.8 Å². The van der Waals surface area contributed by atoms with E-state index in [1.165, 1.54) is 29.2 Å². The van der Waals surface area contributed by atoms with Gasteiger partial charge in [0.2, 0.25) is 5.91 Å². The van der Waals surface area contributed by atoms with E-state index in [9.17, 15) is 24.5 Å². The number of fused-ring (bicyclic) bond motifs is 1. The summed E-state index contributed by atoms with van der Waals surface area (Å²) in [5.41, 5.74) is 0.495. The summed E-state index contributed by atoms with van der Waals surface area (Å²) in [5, 5.41) is 10.7. The molecule has 0 spiro atoms. The Kier molecular flexibility index (Phi) is 7.68. The van der Waals surface area contributed by atoms with Crippen LogP contribution in [0.25, 0.3) is 0 Å². The van der Waals surface area contributed by atoms with Gasteiger partial charge in [0, 0.05) is 24.7 Å². The van der Waals surface area contributed by atoms with Crippen LogP contribution in [0.3, 0.4) is 0 Å². The van der Waals surface area contributed by atoms with Crippen LogP contribution in [0, 0.1) is 22.0 Å². The molecule has 0 radical (unpaired) electrons. The number of β-lactam (4-membered cyclic amide) rings is 1. The number of nitro groups is 1. The second kappa shape index (κ2) is 10.1. The Labute approximate surface area is 194 Å². The number of nitrogens with zero attached hydrogens (tertiary/aromatic N) is 2. The molecule has 9 nitrogen and oxygen atoms in total. The highest BCUT2D eigenvalue weighted by Crippen LogP contribution is 2.43. The van der Waals surface area contributed by atoms with Crippen molar-refractivity contribution in [2.24, 2.45) is 11.8 Å². The number of carbonyl (C=O) groups is 3. The molecule has 2 aliphatic rings. The Hall–Kier alpha value is -2.59. The van der Waals surface area contributed by atoms with Crippen LogP contribution in [-0.4, -0.2) is 54.5 Å². The van der Waals surface area contributed by atoms with Crippen LogP contribution >= 0.6 is 0 Å². The number of hydrogen-bond donors (Lipinski definition) is 0. The Morgan fingerprint density at radius 3 is 2.27 bits per heavy atom. The first-order valence-corrected chi connectivity index (χ1v) is 14.1. The first-order valence-electron chi connectivity index (χ1n) is 11.6. The quantitative estimate of drug-likeness (QED) is 0.120. The van der Waals surface area contributed by atoms with Gasteiger partial charge < -0.3 is 14.1 Å². The second-order valence-electron chi connectivity index (χ2n) is 8.85. The fourth-order valence-electron chi connectivity index (χ4n) is 4.97. The predicted octanol–water partition coefficient (Wildman–Crippen LogP) is 3.46. The van der Waals surface area contributed by atoms with E-state index in [1.807, 2.05) is 0 Å². The fourth-order valence-corrected chi connectivity index (χ4v) is 7.63. The van der Waals surface area contributed by atoms with Gasteiger partial charge >= 0.3 is 5.97 Å². The number of Topliss-reactive ketones (excluding diaryl/α,β-unsaturated/α-hetero) is 1. The lowest BCUT2D eigenvalue weighted by Gasteiger charge is -2.45. The highest BCUT2D eigenvalue weighted by molar-refractivity contribution is 6.73. The number of amides is 1. The zero-order chi connectivity index (χ0) is 24.3. The van der Waals surface area contributed by atoms with Gasteiger partial charge in [-0.15, -0.1) is 0 Å². The van der Waals surface area contributed by atoms with Crippen molar-refractivity contribution < 1.29 is 28.5 Å². The molecule has 1 aromatic rings. The molecule has 2 aliphatic heterocycles. The van der Waals surface area contributed by atoms with E-state index in [-0.39, 0.29) is 35.9 Å². The second-order valence-corrected chi connectivity index (χ2v) is 13.6. The summed E-state index contributed by atoms with van der Waals surface area (Å²) in [6.07, 6.45) is 0.553. The van der Waals surface area contributed by atoms with Crippen LogP contribution in [0.2, 0.25) is 18.1 Å². The molecular formula is C23H32N2O7Si. The third-order valence-corrected chi connectivity index (χ3v) is 12.0. The van der Waals surface area contributed by atoms with Crippen LogP contribution < -0.4 is 0 Å². The van der Waals surface area contributed by atoms with Crippen LogP contribution in [0.1, 0.15) is 39.7 Å². The maximum absolute atomic E-state index is 12.8. The molecule has 0 saturated carbocycles. The summed E-state index contributed by atoms with van der Waals surface area (Å²) in [4.78, 5) is 50.0. The Morgan fingerprint density at radius 1 is 1.12 bits per heavy atom. The van der Waals surface area contributed by atoms with Crippen molar-refractivity contribution in [2.75, 3.05) is 6.61 Å². The number of carbonyl (C=O) groups excluding carboxylic acids is 3. The number of nitro benzene ring substituents is 1. The third kappa shape index (κ3) is 4.72. The van der Waals surface area contributed by atoms with Gasteiger partial charge in [0.1, 0.15) is 6.61 Å². The Bertz CT molecular complexity index is 908. The summed E-state index contributed by atoms with van der Waals surface area (Å²) in [6.45, 7) is 8.59. The summed E-state index contributed by atoms with van der Waals surface area (Å²) in [5.74, 6) is -2.01. The number of hydrogen-bond acceptors (Lipinski definition) is 7. The molecule has 33 heavy (non-hydrogen) atoms. The number of ether oxygens (including phenoxy) is 1. The summed E-state index contributed by atoms with van der Waals surface area (Å²) >= 11 is 0. The van der Waals surface area contributed by atoms with Crippen molar-refractivity contribution in [1.29, 1.82) is 0 Å². The van der Waals surface area contributed by atoms with Gasteiger partial charge in [-0.3, -0.25) is 19.7 Å². The minimum atomic E-state index is -1.75. The van der Waals surface area contributed by atoms with E-state index in [4.69, 9.17) is 9.16 Å². The van der Waals surface area contributed by atoms with Crippen molar-refractivity contribution in [3.05, 3.63) is 39.9 Å². The van der Waals surface area contributed by atoms with E-state index >= 15 is 0 Å². The van der Waals surface area contributed by atoms with Crippen LogP contribution in [0.5, 0.6) is 0 Å². The standard InChI is InChI=1S/C23H32N2O7Si/c1-5-33(6-2,7-3)32-13-12-18-19-15(4)21(26)20(24(19)22(18)27)23(28)31-14-16-8-10-17(11-9-16)25(29)30/h8-11,15,18-20H,5-7,12-14H2,1-4H3/t15?,18-,19?,20?/m0/s1. The normalized spacial score (nSPS) is 24.4. The SMILES string of the molecule is CC[Si](CC)(CC)OCC[C@@H]1C(=O)N2C(C(=O)OCc3ccc([N+](=O)[O-])cc3)C(=O)C(C)C12.